The number of hydrogen-bond donors (Lipinski definition) is 2. The van der Waals surface area contributed by atoms with Crippen LogP contribution in [0.2, 0.25) is 0 Å². The maximum absolute atomic E-state index is 12.7. The van der Waals surface area contributed by atoms with Gasteiger partial charge in [-0.1, -0.05) is 72.8 Å². The van der Waals surface area contributed by atoms with E-state index in [-0.39, 0.29) is 28.8 Å². The average molecular weight is 510 g/mol. The Bertz CT molecular complexity index is 1490. The predicted molar refractivity (Wildman–Crippen MR) is 141 cm³/mol. The quantitative estimate of drug-likeness (QED) is 0.399. The molecule has 0 aliphatic heterocycles. The molecule has 0 aromatic heterocycles. The molecule has 1 amide bonds. The van der Waals surface area contributed by atoms with Crippen molar-refractivity contribution in [3.8, 4) is 11.1 Å². The molecule has 0 heterocycles. The van der Waals surface area contributed by atoms with Crippen molar-refractivity contribution >= 4 is 34.9 Å². The van der Waals surface area contributed by atoms with Gasteiger partial charge >= 0.3 is 11.9 Å². The normalized spacial score (nSPS) is 13.9. The number of aliphatic imine (C=N–C) groups is 1. The van der Waals surface area contributed by atoms with Gasteiger partial charge in [-0.15, -0.1) is 0 Å². The summed E-state index contributed by atoms with van der Waals surface area (Å²) in [5.41, 5.74) is 2.77. The number of hydrogen-bond acceptors (Lipinski definition) is 5. The second-order valence-corrected chi connectivity index (χ2v) is 8.39. The van der Waals surface area contributed by atoms with Gasteiger partial charge in [0.15, 0.2) is 5.78 Å². The van der Waals surface area contributed by atoms with E-state index >= 15 is 0 Å². The molecule has 3 aromatic rings. The topological polar surface area (TPSA) is 130 Å². The van der Waals surface area contributed by atoms with Gasteiger partial charge in [-0.25, -0.2) is 14.6 Å². The Morgan fingerprint density at radius 1 is 0.737 bits per heavy atom. The lowest BCUT2D eigenvalue weighted by Crippen LogP contribution is -2.20. The van der Waals surface area contributed by atoms with E-state index in [0.29, 0.717) is 11.1 Å². The van der Waals surface area contributed by atoms with Gasteiger partial charge in [0, 0.05) is 12.0 Å². The molecule has 0 saturated heterocycles. The highest BCUT2D eigenvalue weighted by Crippen LogP contribution is 2.25. The number of Topliss-reactive ketones (excluding diaryl/α,β-unsaturated/α-hetero) is 1. The van der Waals surface area contributed by atoms with Crippen molar-refractivity contribution < 1.29 is 34.1 Å². The Morgan fingerprint density at radius 2 is 1.39 bits per heavy atom. The average Bonchev–Trinajstić information content (AvgIpc) is 2.93. The third-order valence-electron chi connectivity index (χ3n) is 5.84. The highest BCUT2D eigenvalue weighted by molar-refractivity contribution is 6.24. The van der Waals surface area contributed by atoms with E-state index in [2.05, 4.69) is 4.99 Å². The molecule has 1 aliphatic rings. The number of ketones is 1. The summed E-state index contributed by atoms with van der Waals surface area (Å²) in [5, 5.41) is 19.2. The Hall–Kier alpha value is -4.95. The van der Waals surface area contributed by atoms with Crippen molar-refractivity contribution in [2.75, 3.05) is 13.2 Å². The first kappa shape index (κ1) is 26.1. The van der Waals surface area contributed by atoms with Crippen molar-refractivity contribution in [1.82, 2.24) is 0 Å². The lowest BCUT2D eigenvalue weighted by molar-refractivity contribution is -0.132. The second-order valence-electron chi connectivity index (χ2n) is 8.39. The van der Waals surface area contributed by atoms with E-state index in [4.69, 9.17) is 4.74 Å². The largest absolute Gasteiger partial charge is 0.478 e. The first-order valence-corrected chi connectivity index (χ1v) is 11.7. The molecule has 8 nitrogen and oxygen atoms in total. The van der Waals surface area contributed by atoms with Crippen molar-refractivity contribution in [1.29, 1.82) is 0 Å². The minimum Gasteiger partial charge on any atom is -0.478 e. The number of carbonyl (C=O) groups excluding carboxylic acids is 2. The van der Waals surface area contributed by atoms with E-state index in [1.807, 2.05) is 60.7 Å². The number of amides is 1. The van der Waals surface area contributed by atoms with Gasteiger partial charge in [0.1, 0.15) is 13.2 Å². The zero-order chi connectivity index (χ0) is 27.1. The highest BCUT2D eigenvalue weighted by Gasteiger charge is 2.22. The predicted octanol–water partition coefficient (Wildman–Crippen LogP) is 4.72. The number of rotatable bonds is 9. The summed E-state index contributed by atoms with van der Waals surface area (Å²) < 4.78 is 5.21. The standard InChI is InChI=1S/C30H23NO7/c32-27(23-13-11-21(15-24(23)29(34)35)19-7-3-1-4-8-19)17-38-18-28(33)31-26-14-12-22(16-25(26)30(36)37)20-9-5-2-6-10-20/h1-13,15-16H,14,17-18H2,(H,34,35)(H,36,37). The number of carbonyl (C=O) groups is 4. The minimum atomic E-state index is -1.26. The summed E-state index contributed by atoms with van der Waals surface area (Å²) in [5.74, 6) is -3.84. The van der Waals surface area contributed by atoms with Gasteiger partial charge in [-0.3, -0.25) is 9.59 Å². The fraction of sp³-hybridized carbons (Fsp3) is 0.100. The van der Waals surface area contributed by atoms with Gasteiger partial charge in [0.05, 0.1) is 16.8 Å². The number of aliphatic carboxylic acids is 1. The van der Waals surface area contributed by atoms with Crippen molar-refractivity contribution in [3.63, 3.8) is 0 Å². The molecule has 4 rings (SSSR count). The number of aromatic carboxylic acids is 1. The molecule has 2 N–H and O–H groups in total. The van der Waals surface area contributed by atoms with Crippen molar-refractivity contribution in [2.24, 2.45) is 4.99 Å². The van der Waals surface area contributed by atoms with E-state index in [0.717, 1.165) is 11.1 Å². The van der Waals surface area contributed by atoms with Gasteiger partial charge in [0.25, 0.3) is 5.91 Å². The van der Waals surface area contributed by atoms with Gasteiger partial charge in [0.2, 0.25) is 0 Å². The number of carboxylic acid groups (broad SMARTS) is 2. The number of benzene rings is 3. The molecule has 0 bridgehead atoms. The summed E-state index contributed by atoms with van der Waals surface area (Å²) in [6.07, 6.45) is 3.39. The molecule has 0 atom stereocenters. The van der Waals surface area contributed by atoms with Gasteiger partial charge in [-0.2, -0.15) is 0 Å². The van der Waals surface area contributed by atoms with Crippen LogP contribution in [0.15, 0.2) is 102 Å². The molecule has 0 spiro atoms. The summed E-state index contributed by atoms with van der Waals surface area (Å²) in [6, 6.07) is 22.9. The Balaban J connectivity index is 1.41. The molecule has 0 saturated carbocycles. The van der Waals surface area contributed by atoms with Crippen LogP contribution >= 0.6 is 0 Å². The monoisotopic (exact) mass is 509 g/mol. The Kier molecular flexibility index (Phi) is 8.15. The first-order valence-electron chi connectivity index (χ1n) is 11.7. The third kappa shape index (κ3) is 6.24. The van der Waals surface area contributed by atoms with Crippen molar-refractivity contribution in [3.05, 3.63) is 113 Å². The van der Waals surface area contributed by atoms with Crippen LogP contribution in [0, 0.1) is 0 Å². The van der Waals surface area contributed by atoms with E-state index in [1.54, 1.807) is 12.1 Å². The molecule has 190 valence electrons. The molecule has 1 aliphatic carbocycles. The molecule has 0 fully saturated rings. The Morgan fingerprint density at radius 3 is 2.03 bits per heavy atom. The lowest BCUT2D eigenvalue weighted by atomic mass is 9.93. The summed E-state index contributed by atoms with van der Waals surface area (Å²) in [6.45, 7) is -1.11. The van der Waals surface area contributed by atoms with E-state index < -0.39 is 36.8 Å². The summed E-state index contributed by atoms with van der Waals surface area (Å²) in [7, 11) is 0. The van der Waals surface area contributed by atoms with Crippen LogP contribution in [0.25, 0.3) is 16.7 Å². The molecular formula is C30H23NO7. The summed E-state index contributed by atoms with van der Waals surface area (Å²) in [4.78, 5) is 52.5. The molecule has 38 heavy (non-hydrogen) atoms. The van der Waals surface area contributed by atoms with E-state index in [9.17, 15) is 29.4 Å². The maximum Gasteiger partial charge on any atom is 0.337 e. The molecule has 0 radical (unpaired) electrons. The fourth-order valence-corrected chi connectivity index (χ4v) is 4.00. The van der Waals surface area contributed by atoms with Gasteiger partial charge < -0.3 is 14.9 Å². The number of ether oxygens (including phenoxy) is 1. The summed E-state index contributed by atoms with van der Waals surface area (Å²) >= 11 is 0. The smallest absolute Gasteiger partial charge is 0.337 e. The highest BCUT2D eigenvalue weighted by atomic mass is 16.5. The lowest BCUT2D eigenvalue weighted by Gasteiger charge is -2.13. The van der Waals surface area contributed by atoms with Crippen LogP contribution in [-0.2, 0) is 14.3 Å². The maximum atomic E-state index is 12.7. The first-order chi connectivity index (χ1) is 18.3. The molecule has 0 unspecified atom stereocenters. The third-order valence-corrected chi connectivity index (χ3v) is 5.84. The SMILES string of the molecule is O=C(COCC(=O)c1ccc(-c2ccccc2)cc1C(=O)O)N=C1CC=C(c2ccccc2)C=C1C(=O)O. The van der Waals surface area contributed by atoms with Crippen molar-refractivity contribution in [2.45, 2.75) is 6.42 Å². The van der Waals surface area contributed by atoms with Crippen LogP contribution in [0.5, 0.6) is 0 Å². The zero-order valence-electron chi connectivity index (χ0n) is 20.2. The van der Waals surface area contributed by atoms with Crippen LogP contribution in [-0.4, -0.2) is 52.8 Å². The molecule has 8 heteroatoms. The van der Waals surface area contributed by atoms with Crippen LogP contribution in [0.1, 0.15) is 32.7 Å². The van der Waals surface area contributed by atoms with Crippen LogP contribution < -0.4 is 0 Å². The minimum absolute atomic E-state index is 0.0436. The molecule has 3 aromatic carbocycles. The Labute approximate surface area is 218 Å². The number of nitrogens with zero attached hydrogens (tertiary/aromatic N) is 1. The van der Waals surface area contributed by atoms with Gasteiger partial charge in [-0.05, 0) is 40.5 Å². The second kappa shape index (κ2) is 11.9. The van der Waals surface area contributed by atoms with Crippen LogP contribution in [0.3, 0.4) is 0 Å². The fourth-order valence-electron chi connectivity index (χ4n) is 4.00. The zero-order valence-corrected chi connectivity index (χ0v) is 20.2. The van der Waals surface area contributed by atoms with E-state index in [1.165, 1.54) is 18.2 Å². The number of allylic oxidation sites excluding steroid dienone is 3. The number of carboxylic acids is 2. The molecular weight excluding hydrogens is 486 g/mol. The van der Waals surface area contributed by atoms with Crippen LogP contribution in [0.4, 0.5) is 0 Å².